The molecule has 2 aromatic heterocycles. The second-order valence-electron chi connectivity index (χ2n) is 7.02. The highest BCUT2D eigenvalue weighted by Crippen LogP contribution is 2.30. The Labute approximate surface area is 189 Å². The molecule has 0 saturated carbocycles. The maximum absolute atomic E-state index is 13.8. The minimum Gasteiger partial charge on any atom is -0.493 e. The Hall–Kier alpha value is -3.49. The molecule has 32 heavy (non-hydrogen) atoms. The van der Waals surface area contributed by atoms with Crippen LogP contribution in [0.4, 0.5) is 4.39 Å². The number of nitrogens with one attached hydrogen (secondary N) is 1. The molecule has 7 nitrogen and oxygen atoms in total. The van der Waals surface area contributed by atoms with Gasteiger partial charge in [0, 0.05) is 30.8 Å². The number of aromatic nitrogens is 3. The highest BCUT2D eigenvalue weighted by Gasteiger charge is 2.12. The summed E-state index contributed by atoms with van der Waals surface area (Å²) in [4.78, 5) is 24.3. The number of benzene rings is 2. The SMILES string of the molecule is COc1cc2nc(Cc3ccc(-c4cc(F)cc(CN)c4)nc3)[nH]c(=O)c2cc1OC.Cl. The monoisotopic (exact) mass is 456 g/mol. The van der Waals surface area contributed by atoms with E-state index in [0.29, 0.717) is 51.5 Å². The van der Waals surface area contributed by atoms with Crippen LogP contribution in [-0.2, 0) is 13.0 Å². The van der Waals surface area contributed by atoms with Gasteiger partial charge in [0.2, 0.25) is 0 Å². The second-order valence-corrected chi connectivity index (χ2v) is 7.02. The summed E-state index contributed by atoms with van der Waals surface area (Å²) >= 11 is 0. The summed E-state index contributed by atoms with van der Waals surface area (Å²) in [6, 6.07) is 11.6. The van der Waals surface area contributed by atoms with E-state index in [0.717, 1.165) is 5.56 Å². The van der Waals surface area contributed by atoms with Gasteiger partial charge in [-0.15, -0.1) is 12.4 Å². The fraction of sp³-hybridized carbons (Fsp3) is 0.174. The van der Waals surface area contributed by atoms with Gasteiger partial charge < -0.3 is 20.2 Å². The largest absolute Gasteiger partial charge is 0.493 e. The molecular weight excluding hydrogens is 435 g/mol. The molecule has 4 aromatic rings. The predicted molar refractivity (Wildman–Crippen MR) is 123 cm³/mol. The van der Waals surface area contributed by atoms with E-state index in [2.05, 4.69) is 15.0 Å². The average Bonchev–Trinajstić information content (AvgIpc) is 2.78. The van der Waals surface area contributed by atoms with Crippen molar-refractivity contribution < 1.29 is 13.9 Å². The van der Waals surface area contributed by atoms with Gasteiger partial charge in [-0.05, 0) is 41.5 Å². The number of fused-ring (bicyclic) bond motifs is 1. The summed E-state index contributed by atoms with van der Waals surface area (Å²) in [5.41, 5.74) is 8.71. The third kappa shape index (κ3) is 4.71. The number of methoxy groups -OCH3 is 2. The maximum Gasteiger partial charge on any atom is 0.258 e. The highest BCUT2D eigenvalue weighted by atomic mass is 35.5. The van der Waals surface area contributed by atoms with Gasteiger partial charge in [-0.2, -0.15) is 0 Å². The van der Waals surface area contributed by atoms with Crippen LogP contribution in [0.15, 0.2) is 53.5 Å². The van der Waals surface area contributed by atoms with Crippen molar-refractivity contribution in [2.24, 2.45) is 5.73 Å². The Morgan fingerprint density at radius 1 is 1.03 bits per heavy atom. The fourth-order valence-electron chi connectivity index (χ4n) is 3.41. The number of pyridine rings is 1. The van der Waals surface area contributed by atoms with Gasteiger partial charge in [-0.25, -0.2) is 9.37 Å². The van der Waals surface area contributed by atoms with Gasteiger partial charge in [0.1, 0.15) is 11.6 Å². The minimum atomic E-state index is -0.353. The molecule has 0 unspecified atom stereocenters. The molecule has 0 fully saturated rings. The van der Waals surface area contributed by atoms with Crippen LogP contribution in [-0.4, -0.2) is 29.2 Å². The minimum absolute atomic E-state index is 0. The van der Waals surface area contributed by atoms with Gasteiger partial charge in [0.05, 0.1) is 30.8 Å². The van der Waals surface area contributed by atoms with Crippen molar-refractivity contribution in [3.8, 4) is 22.8 Å². The Bertz CT molecular complexity index is 1310. The first-order chi connectivity index (χ1) is 15.0. The molecule has 4 rings (SSSR count). The van der Waals surface area contributed by atoms with Crippen LogP contribution in [0.5, 0.6) is 11.5 Å². The lowest BCUT2D eigenvalue weighted by Crippen LogP contribution is -2.12. The molecule has 0 saturated heterocycles. The lowest BCUT2D eigenvalue weighted by Gasteiger charge is -2.09. The van der Waals surface area contributed by atoms with Crippen LogP contribution in [0.1, 0.15) is 17.0 Å². The summed E-state index contributed by atoms with van der Waals surface area (Å²) < 4.78 is 24.3. The summed E-state index contributed by atoms with van der Waals surface area (Å²) in [7, 11) is 3.04. The molecule has 0 aliphatic heterocycles. The van der Waals surface area contributed by atoms with Crippen LogP contribution in [0.25, 0.3) is 22.2 Å². The number of halogens is 2. The van der Waals surface area contributed by atoms with Crippen LogP contribution >= 0.6 is 12.4 Å². The van der Waals surface area contributed by atoms with Crippen LogP contribution in [0, 0.1) is 5.82 Å². The van der Waals surface area contributed by atoms with Crippen molar-refractivity contribution >= 4 is 23.3 Å². The molecule has 0 atom stereocenters. The van der Waals surface area contributed by atoms with Gasteiger partial charge in [-0.1, -0.05) is 6.07 Å². The number of nitrogens with zero attached hydrogens (tertiary/aromatic N) is 2. The fourth-order valence-corrected chi connectivity index (χ4v) is 3.41. The van der Waals surface area contributed by atoms with Crippen molar-refractivity contribution in [1.29, 1.82) is 0 Å². The van der Waals surface area contributed by atoms with Gasteiger partial charge >= 0.3 is 0 Å². The second kappa shape index (κ2) is 9.76. The van der Waals surface area contributed by atoms with E-state index >= 15 is 0 Å². The van der Waals surface area contributed by atoms with E-state index in [-0.39, 0.29) is 30.3 Å². The lowest BCUT2D eigenvalue weighted by molar-refractivity contribution is 0.355. The summed E-state index contributed by atoms with van der Waals surface area (Å²) in [5.74, 6) is 1.10. The van der Waals surface area contributed by atoms with Crippen molar-refractivity contribution in [3.05, 3.63) is 81.8 Å². The molecule has 2 aromatic carbocycles. The number of rotatable bonds is 6. The number of hydrogen-bond donors (Lipinski definition) is 2. The Morgan fingerprint density at radius 2 is 1.78 bits per heavy atom. The van der Waals surface area contributed by atoms with E-state index in [4.69, 9.17) is 15.2 Å². The first-order valence-electron chi connectivity index (χ1n) is 9.60. The van der Waals surface area contributed by atoms with Gasteiger partial charge in [0.15, 0.2) is 11.5 Å². The summed E-state index contributed by atoms with van der Waals surface area (Å²) in [5, 5.41) is 0.414. The van der Waals surface area contributed by atoms with Crippen molar-refractivity contribution in [1.82, 2.24) is 15.0 Å². The maximum atomic E-state index is 13.8. The highest BCUT2D eigenvalue weighted by molar-refractivity contribution is 5.85. The Kier molecular flexibility index (Phi) is 7.07. The zero-order chi connectivity index (χ0) is 22.0. The van der Waals surface area contributed by atoms with Gasteiger partial charge in [0.25, 0.3) is 5.56 Å². The molecule has 0 amide bonds. The van der Waals surface area contributed by atoms with E-state index < -0.39 is 0 Å². The zero-order valence-corrected chi connectivity index (χ0v) is 18.3. The molecule has 0 aliphatic carbocycles. The number of aromatic amines is 1. The quantitative estimate of drug-likeness (QED) is 0.459. The summed E-state index contributed by atoms with van der Waals surface area (Å²) in [6.45, 7) is 0.250. The number of H-pyrrole nitrogens is 1. The van der Waals surface area contributed by atoms with Crippen LogP contribution in [0.2, 0.25) is 0 Å². The Balaban J connectivity index is 0.00000289. The van der Waals surface area contributed by atoms with E-state index in [9.17, 15) is 9.18 Å². The van der Waals surface area contributed by atoms with Crippen molar-refractivity contribution in [3.63, 3.8) is 0 Å². The third-order valence-electron chi connectivity index (χ3n) is 4.95. The standard InChI is InChI=1S/C23H21FN4O3.ClH/c1-30-20-9-17-19(10-21(20)31-2)27-22(28-23(17)29)7-13-3-4-18(26-12-13)15-5-14(11-25)6-16(24)8-15;/h3-6,8-10,12H,7,11,25H2,1-2H3,(H,27,28,29);1H. The van der Waals surface area contributed by atoms with E-state index in [1.54, 1.807) is 24.4 Å². The molecule has 166 valence electrons. The van der Waals surface area contributed by atoms with Crippen LogP contribution in [0.3, 0.4) is 0 Å². The third-order valence-corrected chi connectivity index (χ3v) is 4.95. The molecule has 0 spiro atoms. The first-order valence-corrected chi connectivity index (χ1v) is 9.60. The first kappa shape index (κ1) is 23.2. The van der Waals surface area contributed by atoms with E-state index in [1.807, 2.05) is 12.1 Å². The molecule has 0 bridgehead atoms. The van der Waals surface area contributed by atoms with Gasteiger partial charge in [-0.3, -0.25) is 9.78 Å². The average molecular weight is 457 g/mol. The lowest BCUT2D eigenvalue weighted by atomic mass is 10.1. The normalized spacial score (nSPS) is 10.6. The summed E-state index contributed by atoms with van der Waals surface area (Å²) in [6.07, 6.45) is 2.06. The molecule has 2 heterocycles. The molecule has 9 heteroatoms. The molecule has 0 radical (unpaired) electrons. The van der Waals surface area contributed by atoms with E-state index in [1.165, 1.54) is 26.4 Å². The molecular formula is C23H22ClFN4O3. The Morgan fingerprint density at radius 3 is 2.44 bits per heavy atom. The van der Waals surface area contributed by atoms with Crippen LogP contribution < -0.4 is 20.8 Å². The predicted octanol–water partition coefficient (Wildman–Crippen LogP) is 3.61. The molecule has 0 aliphatic rings. The molecule has 3 N–H and O–H groups in total. The zero-order valence-electron chi connectivity index (χ0n) is 17.5. The van der Waals surface area contributed by atoms with Crippen molar-refractivity contribution in [2.75, 3.05) is 14.2 Å². The smallest absolute Gasteiger partial charge is 0.258 e. The number of hydrogen-bond acceptors (Lipinski definition) is 6. The number of ether oxygens (including phenoxy) is 2. The topological polar surface area (TPSA) is 103 Å². The van der Waals surface area contributed by atoms with Crippen molar-refractivity contribution in [2.45, 2.75) is 13.0 Å². The number of nitrogens with two attached hydrogens (primary N) is 1.